The molecule has 0 spiro atoms. The van der Waals surface area contributed by atoms with Gasteiger partial charge in [0.1, 0.15) is 6.54 Å². The smallest absolute Gasteiger partial charge is 0.244 e. The zero-order chi connectivity index (χ0) is 12.5. The summed E-state index contributed by atoms with van der Waals surface area (Å²) < 4.78 is 24.3. The van der Waals surface area contributed by atoms with Gasteiger partial charge in [0.25, 0.3) is 0 Å². The first-order valence-corrected chi connectivity index (χ1v) is 7.36. The number of likely N-dealkylation sites (tertiary alicyclic amines) is 1. The van der Waals surface area contributed by atoms with E-state index in [1.54, 1.807) is 23.4 Å². The molecule has 1 unspecified atom stereocenters. The van der Waals surface area contributed by atoms with E-state index in [2.05, 4.69) is 5.10 Å². The van der Waals surface area contributed by atoms with Crippen molar-refractivity contribution in [2.75, 3.05) is 19.3 Å². The topological polar surface area (TPSA) is 72.3 Å². The number of aromatic nitrogens is 2. The number of rotatable bonds is 3. The van der Waals surface area contributed by atoms with E-state index in [4.69, 9.17) is 0 Å². The Morgan fingerprint density at radius 2 is 2.29 bits per heavy atom. The van der Waals surface area contributed by atoms with Crippen LogP contribution in [-0.2, 0) is 21.2 Å². The minimum Gasteiger partial charge on any atom is -0.340 e. The Labute approximate surface area is 100 Å². The van der Waals surface area contributed by atoms with Crippen LogP contribution in [0.15, 0.2) is 18.5 Å². The molecule has 1 saturated heterocycles. The molecule has 0 bridgehead atoms. The Kier molecular flexibility index (Phi) is 3.19. The Bertz CT molecular complexity index is 495. The van der Waals surface area contributed by atoms with Crippen molar-refractivity contribution in [3.63, 3.8) is 0 Å². The van der Waals surface area contributed by atoms with Crippen LogP contribution in [-0.4, -0.2) is 53.6 Å². The van der Waals surface area contributed by atoms with Crippen LogP contribution in [0, 0.1) is 0 Å². The lowest BCUT2D eigenvalue weighted by atomic mass is 10.4. The maximum Gasteiger partial charge on any atom is 0.244 e. The van der Waals surface area contributed by atoms with Crippen LogP contribution in [0.3, 0.4) is 0 Å². The van der Waals surface area contributed by atoms with E-state index in [1.807, 2.05) is 0 Å². The molecule has 1 aromatic heterocycles. The van der Waals surface area contributed by atoms with E-state index in [-0.39, 0.29) is 12.5 Å². The molecule has 1 aliphatic rings. The van der Waals surface area contributed by atoms with Gasteiger partial charge in [0, 0.05) is 31.7 Å². The minimum absolute atomic E-state index is 0.0835. The van der Waals surface area contributed by atoms with Crippen LogP contribution < -0.4 is 0 Å². The van der Waals surface area contributed by atoms with Gasteiger partial charge in [-0.15, -0.1) is 0 Å². The lowest BCUT2D eigenvalue weighted by Gasteiger charge is -2.15. The van der Waals surface area contributed by atoms with Crippen LogP contribution in [0.25, 0.3) is 0 Å². The first-order chi connectivity index (χ1) is 7.97. The minimum atomic E-state index is -3.05. The summed E-state index contributed by atoms with van der Waals surface area (Å²) in [4.78, 5) is 13.4. The molecule has 0 radical (unpaired) electrons. The SMILES string of the molecule is CS(=O)(=O)C1CCN(C(=O)Cn2cccn2)C1. The highest BCUT2D eigenvalue weighted by atomic mass is 32.2. The predicted molar refractivity (Wildman–Crippen MR) is 62.1 cm³/mol. The maximum atomic E-state index is 11.9. The van der Waals surface area contributed by atoms with E-state index < -0.39 is 15.1 Å². The maximum absolute atomic E-state index is 11.9. The van der Waals surface area contributed by atoms with Crippen molar-refractivity contribution < 1.29 is 13.2 Å². The number of sulfone groups is 1. The fourth-order valence-electron chi connectivity index (χ4n) is 1.94. The second kappa shape index (κ2) is 4.48. The summed E-state index contributed by atoms with van der Waals surface area (Å²) in [6.07, 6.45) is 5.07. The van der Waals surface area contributed by atoms with Gasteiger partial charge in [-0.3, -0.25) is 9.48 Å². The van der Waals surface area contributed by atoms with Crippen molar-refractivity contribution in [3.05, 3.63) is 18.5 Å². The normalized spacial score (nSPS) is 20.8. The van der Waals surface area contributed by atoms with Crippen LogP contribution in [0.4, 0.5) is 0 Å². The van der Waals surface area contributed by atoms with Gasteiger partial charge in [-0.05, 0) is 12.5 Å². The molecule has 2 rings (SSSR count). The molecule has 0 aliphatic carbocycles. The van der Waals surface area contributed by atoms with Gasteiger partial charge in [-0.25, -0.2) is 8.42 Å². The molecule has 2 heterocycles. The quantitative estimate of drug-likeness (QED) is 0.734. The number of hydrogen-bond donors (Lipinski definition) is 0. The first kappa shape index (κ1) is 12.1. The van der Waals surface area contributed by atoms with E-state index in [0.717, 1.165) is 0 Å². The molecule has 17 heavy (non-hydrogen) atoms. The highest BCUT2D eigenvalue weighted by Gasteiger charge is 2.32. The number of nitrogens with zero attached hydrogens (tertiary/aromatic N) is 3. The molecule has 0 saturated carbocycles. The molecule has 7 heteroatoms. The van der Waals surface area contributed by atoms with Crippen molar-refractivity contribution in [2.45, 2.75) is 18.2 Å². The zero-order valence-electron chi connectivity index (χ0n) is 9.61. The summed E-state index contributed by atoms with van der Waals surface area (Å²) >= 11 is 0. The van der Waals surface area contributed by atoms with Crippen LogP contribution in [0.2, 0.25) is 0 Å². The second-order valence-corrected chi connectivity index (χ2v) is 6.61. The monoisotopic (exact) mass is 257 g/mol. The fraction of sp³-hybridized carbons (Fsp3) is 0.600. The highest BCUT2D eigenvalue weighted by Crippen LogP contribution is 2.16. The molecule has 0 aromatic carbocycles. The van der Waals surface area contributed by atoms with Crippen molar-refractivity contribution in [1.82, 2.24) is 14.7 Å². The Morgan fingerprint density at radius 1 is 1.53 bits per heavy atom. The van der Waals surface area contributed by atoms with E-state index in [9.17, 15) is 13.2 Å². The van der Waals surface area contributed by atoms with E-state index >= 15 is 0 Å². The predicted octanol–water partition coefficient (Wildman–Crippen LogP) is -0.471. The van der Waals surface area contributed by atoms with Crippen molar-refractivity contribution in [3.8, 4) is 0 Å². The highest BCUT2D eigenvalue weighted by molar-refractivity contribution is 7.91. The molecular weight excluding hydrogens is 242 g/mol. The molecule has 1 atom stereocenters. The Hall–Kier alpha value is -1.37. The summed E-state index contributed by atoms with van der Waals surface area (Å²) in [6.45, 7) is 0.986. The fourth-order valence-corrected chi connectivity index (χ4v) is 2.92. The number of carbonyl (C=O) groups excluding carboxylic acids is 1. The summed E-state index contributed by atoms with van der Waals surface area (Å²) in [7, 11) is -3.05. The van der Waals surface area contributed by atoms with Crippen LogP contribution in [0.1, 0.15) is 6.42 Å². The Balaban J connectivity index is 1.95. The third-order valence-electron chi connectivity index (χ3n) is 2.96. The van der Waals surface area contributed by atoms with Crippen LogP contribution in [0.5, 0.6) is 0 Å². The standard InChI is InChI=1S/C10H15N3O3S/c1-17(15,16)9-3-6-12(7-9)10(14)8-13-5-2-4-11-13/h2,4-5,9H,3,6-8H2,1H3. The van der Waals surface area contributed by atoms with Gasteiger partial charge in [0.05, 0.1) is 5.25 Å². The van der Waals surface area contributed by atoms with E-state index in [0.29, 0.717) is 19.5 Å². The Morgan fingerprint density at radius 3 is 2.82 bits per heavy atom. The number of amides is 1. The average Bonchev–Trinajstić information content (AvgIpc) is 2.85. The molecule has 1 aliphatic heterocycles. The lowest BCUT2D eigenvalue weighted by Crippen LogP contribution is -2.34. The zero-order valence-corrected chi connectivity index (χ0v) is 10.4. The molecule has 6 nitrogen and oxygen atoms in total. The first-order valence-electron chi connectivity index (χ1n) is 5.41. The third-order valence-corrected chi connectivity index (χ3v) is 4.56. The number of hydrogen-bond acceptors (Lipinski definition) is 4. The van der Waals surface area contributed by atoms with Crippen molar-refractivity contribution >= 4 is 15.7 Å². The van der Waals surface area contributed by atoms with Crippen molar-refractivity contribution in [1.29, 1.82) is 0 Å². The molecule has 94 valence electrons. The van der Waals surface area contributed by atoms with E-state index in [1.165, 1.54) is 10.9 Å². The largest absolute Gasteiger partial charge is 0.340 e. The van der Waals surface area contributed by atoms with Gasteiger partial charge in [-0.1, -0.05) is 0 Å². The average molecular weight is 257 g/mol. The summed E-state index contributed by atoms with van der Waals surface area (Å²) in [5.41, 5.74) is 0. The molecule has 0 N–H and O–H groups in total. The van der Waals surface area contributed by atoms with Gasteiger partial charge >= 0.3 is 0 Å². The molecule has 1 fully saturated rings. The third kappa shape index (κ3) is 2.85. The van der Waals surface area contributed by atoms with Crippen LogP contribution >= 0.6 is 0 Å². The summed E-state index contributed by atoms with van der Waals surface area (Å²) in [5, 5.41) is 3.53. The summed E-state index contributed by atoms with van der Waals surface area (Å²) in [5.74, 6) is -0.0835. The molecule has 1 aromatic rings. The number of carbonyl (C=O) groups is 1. The summed E-state index contributed by atoms with van der Waals surface area (Å²) in [6, 6.07) is 1.75. The van der Waals surface area contributed by atoms with Crippen molar-refractivity contribution in [2.24, 2.45) is 0 Å². The van der Waals surface area contributed by atoms with Gasteiger partial charge in [-0.2, -0.15) is 5.10 Å². The van der Waals surface area contributed by atoms with Gasteiger partial charge in [0.15, 0.2) is 9.84 Å². The molecule has 1 amide bonds. The van der Waals surface area contributed by atoms with Gasteiger partial charge < -0.3 is 4.90 Å². The lowest BCUT2D eigenvalue weighted by molar-refractivity contribution is -0.130. The molecular formula is C10H15N3O3S. The second-order valence-electron chi connectivity index (χ2n) is 4.28. The van der Waals surface area contributed by atoms with Gasteiger partial charge in [0.2, 0.25) is 5.91 Å².